The summed E-state index contributed by atoms with van der Waals surface area (Å²) < 4.78 is 9.97. The van der Waals surface area contributed by atoms with Crippen molar-refractivity contribution < 1.29 is 19.0 Å². The van der Waals surface area contributed by atoms with Gasteiger partial charge in [-0.05, 0) is 13.3 Å². The van der Waals surface area contributed by atoms with Gasteiger partial charge in [-0.3, -0.25) is 0 Å². The number of hydrogen-bond acceptors (Lipinski definition) is 5. The van der Waals surface area contributed by atoms with Crippen molar-refractivity contribution >= 4 is 18.5 Å². The Labute approximate surface area is 98.5 Å². The summed E-state index contributed by atoms with van der Waals surface area (Å²) in [6.07, 6.45) is 0.899. The van der Waals surface area contributed by atoms with Crippen molar-refractivity contribution in [1.82, 2.24) is 10.2 Å². The van der Waals surface area contributed by atoms with E-state index in [0.29, 0.717) is 5.88 Å². The third-order valence-electron chi connectivity index (χ3n) is 1.72. The van der Waals surface area contributed by atoms with Gasteiger partial charge < -0.3 is 19.0 Å². The SMILES string of the molecule is CCC(C)Oc1ccc(OP(O)(O)=S)nn1. The highest BCUT2D eigenvalue weighted by Gasteiger charge is 2.12. The van der Waals surface area contributed by atoms with Gasteiger partial charge in [0.25, 0.3) is 0 Å². The zero-order valence-electron chi connectivity index (χ0n) is 8.90. The Morgan fingerprint density at radius 2 is 1.94 bits per heavy atom. The van der Waals surface area contributed by atoms with Gasteiger partial charge in [0.2, 0.25) is 11.8 Å². The van der Waals surface area contributed by atoms with Crippen molar-refractivity contribution in [1.29, 1.82) is 0 Å². The van der Waals surface area contributed by atoms with E-state index in [4.69, 9.17) is 14.5 Å². The van der Waals surface area contributed by atoms with Crippen molar-refractivity contribution in [3.05, 3.63) is 12.1 Å². The summed E-state index contributed by atoms with van der Waals surface area (Å²) in [6, 6.07) is 2.94. The van der Waals surface area contributed by atoms with Crippen LogP contribution in [-0.2, 0) is 11.8 Å². The Kier molecular flexibility index (Phi) is 4.61. The molecule has 0 saturated heterocycles. The molecule has 2 N–H and O–H groups in total. The Bertz CT molecular complexity index is 380. The van der Waals surface area contributed by atoms with E-state index in [-0.39, 0.29) is 12.0 Å². The number of ether oxygens (including phenoxy) is 1. The quantitative estimate of drug-likeness (QED) is 0.774. The van der Waals surface area contributed by atoms with E-state index in [2.05, 4.69) is 26.5 Å². The lowest BCUT2D eigenvalue weighted by Crippen LogP contribution is -2.11. The molecule has 90 valence electrons. The molecule has 0 saturated carbocycles. The molecule has 0 bridgehead atoms. The first-order valence-corrected chi connectivity index (χ1v) is 7.29. The van der Waals surface area contributed by atoms with E-state index in [1.54, 1.807) is 0 Å². The summed E-state index contributed by atoms with van der Waals surface area (Å²) in [7, 11) is 0. The fraction of sp³-hybridized carbons (Fsp3) is 0.500. The van der Waals surface area contributed by atoms with Crippen LogP contribution in [0.2, 0.25) is 0 Å². The highest BCUT2D eigenvalue weighted by Crippen LogP contribution is 2.36. The fourth-order valence-electron chi connectivity index (χ4n) is 0.831. The first-order valence-electron chi connectivity index (χ1n) is 4.66. The maximum absolute atomic E-state index is 8.88. The topological polar surface area (TPSA) is 84.7 Å². The minimum absolute atomic E-state index is 0.0372. The second kappa shape index (κ2) is 5.54. The summed E-state index contributed by atoms with van der Waals surface area (Å²) in [5.74, 6) is 0.315. The van der Waals surface area contributed by atoms with E-state index in [9.17, 15) is 0 Å². The van der Waals surface area contributed by atoms with Crippen molar-refractivity contribution in [2.45, 2.75) is 26.4 Å². The normalized spacial score (nSPS) is 13.2. The smallest absolute Gasteiger partial charge is 0.376 e. The standard InChI is InChI=1S/C8H13N2O4PS/c1-3-6(2)13-7-4-5-8(10-9-7)14-15(11,12)16/h4-6H,3H2,1-2H3,(H2,11,12,16). The van der Waals surface area contributed by atoms with E-state index in [1.807, 2.05) is 13.8 Å². The molecule has 1 aromatic heterocycles. The van der Waals surface area contributed by atoms with Gasteiger partial charge in [-0.1, -0.05) is 6.92 Å². The summed E-state index contributed by atoms with van der Waals surface area (Å²) in [6.45, 7) is 0.153. The lowest BCUT2D eigenvalue weighted by Gasteiger charge is -2.11. The maximum Gasteiger partial charge on any atom is 0.376 e. The molecule has 6 nitrogen and oxygen atoms in total. The number of nitrogens with zero attached hydrogens (tertiary/aromatic N) is 2. The minimum atomic E-state index is -3.75. The van der Waals surface area contributed by atoms with Crippen LogP contribution in [0.25, 0.3) is 0 Å². The van der Waals surface area contributed by atoms with Crippen LogP contribution in [0.5, 0.6) is 11.8 Å². The van der Waals surface area contributed by atoms with E-state index >= 15 is 0 Å². The molecular weight excluding hydrogens is 251 g/mol. The van der Waals surface area contributed by atoms with Crippen LogP contribution in [0.4, 0.5) is 0 Å². The molecule has 1 atom stereocenters. The number of rotatable bonds is 5. The maximum atomic E-state index is 8.88. The summed E-state index contributed by atoms with van der Waals surface area (Å²) >= 11 is 4.29. The molecule has 0 spiro atoms. The second-order valence-electron chi connectivity index (χ2n) is 3.13. The third-order valence-corrected chi connectivity index (χ3v) is 2.37. The van der Waals surface area contributed by atoms with Crippen LogP contribution in [0.3, 0.4) is 0 Å². The van der Waals surface area contributed by atoms with Crippen molar-refractivity contribution in [2.24, 2.45) is 0 Å². The predicted octanol–water partition coefficient (Wildman–Crippen LogP) is 1.24. The average molecular weight is 264 g/mol. The molecule has 1 rings (SSSR count). The number of aromatic nitrogens is 2. The lowest BCUT2D eigenvalue weighted by atomic mass is 10.3. The monoisotopic (exact) mass is 264 g/mol. The van der Waals surface area contributed by atoms with E-state index in [0.717, 1.165) is 6.42 Å². The molecule has 1 heterocycles. The Morgan fingerprint density at radius 1 is 1.38 bits per heavy atom. The average Bonchev–Trinajstić information content (AvgIpc) is 2.18. The van der Waals surface area contributed by atoms with Gasteiger partial charge in [0.15, 0.2) is 0 Å². The highest BCUT2D eigenvalue weighted by atomic mass is 32.5. The second-order valence-corrected chi connectivity index (χ2v) is 5.72. The summed E-state index contributed by atoms with van der Waals surface area (Å²) in [5.41, 5.74) is 0. The molecule has 1 aromatic rings. The molecule has 16 heavy (non-hydrogen) atoms. The van der Waals surface area contributed by atoms with Crippen LogP contribution in [-0.4, -0.2) is 26.1 Å². The van der Waals surface area contributed by atoms with Gasteiger partial charge in [0, 0.05) is 23.9 Å². The van der Waals surface area contributed by atoms with Gasteiger partial charge in [0.1, 0.15) is 0 Å². The lowest BCUT2D eigenvalue weighted by molar-refractivity contribution is 0.205. The van der Waals surface area contributed by atoms with Crippen LogP contribution < -0.4 is 9.26 Å². The number of hydrogen-bond donors (Lipinski definition) is 2. The molecule has 8 heteroatoms. The molecule has 0 aliphatic rings. The zero-order chi connectivity index (χ0) is 12.2. The van der Waals surface area contributed by atoms with E-state index in [1.165, 1.54) is 12.1 Å². The van der Waals surface area contributed by atoms with Crippen LogP contribution in [0, 0.1) is 0 Å². The van der Waals surface area contributed by atoms with Crippen LogP contribution in [0.1, 0.15) is 20.3 Å². The fourth-order valence-corrected chi connectivity index (χ4v) is 1.40. The Hall–Kier alpha value is -0.750. The first-order chi connectivity index (χ1) is 7.40. The Morgan fingerprint density at radius 3 is 2.38 bits per heavy atom. The Balaban J connectivity index is 2.64. The highest BCUT2D eigenvalue weighted by molar-refractivity contribution is 8.06. The summed E-state index contributed by atoms with van der Waals surface area (Å²) in [5, 5.41) is 7.30. The molecule has 1 unspecified atom stereocenters. The van der Waals surface area contributed by atoms with Crippen molar-refractivity contribution in [3.8, 4) is 11.8 Å². The van der Waals surface area contributed by atoms with Crippen LogP contribution in [0.15, 0.2) is 12.1 Å². The molecule has 0 amide bonds. The van der Waals surface area contributed by atoms with Gasteiger partial charge in [-0.15, -0.1) is 10.2 Å². The zero-order valence-corrected chi connectivity index (χ0v) is 10.6. The molecule has 0 radical (unpaired) electrons. The molecule has 0 aromatic carbocycles. The summed E-state index contributed by atoms with van der Waals surface area (Å²) in [4.78, 5) is 17.8. The van der Waals surface area contributed by atoms with Crippen molar-refractivity contribution in [3.63, 3.8) is 0 Å². The van der Waals surface area contributed by atoms with Gasteiger partial charge in [0.05, 0.1) is 6.10 Å². The minimum Gasteiger partial charge on any atom is -0.474 e. The van der Waals surface area contributed by atoms with Crippen molar-refractivity contribution in [2.75, 3.05) is 0 Å². The largest absolute Gasteiger partial charge is 0.474 e. The molecular formula is C8H13N2O4PS. The first kappa shape index (κ1) is 13.3. The molecule has 0 aliphatic carbocycles. The van der Waals surface area contributed by atoms with Gasteiger partial charge in [-0.25, -0.2) is 0 Å². The predicted molar refractivity (Wildman–Crippen MR) is 61.8 cm³/mol. The van der Waals surface area contributed by atoms with E-state index < -0.39 is 6.72 Å². The molecule has 0 aliphatic heterocycles. The van der Waals surface area contributed by atoms with Crippen LogP contribution >= 0.6 is 6.72 Å². The van der Waals surface area contributed by atoms with Gasteiger partial charge >= 0.3 is 6.72 Å². The van der Waals surface area contributed by atoms with Gasteiger partial charge in [-0.2, -0.15) is 0 Å². The third kappa shape index (κ3) is 4.85. The molecule has 0 fully saturated rings.